The monoisotopic (exact) mass is 335 g/mol. The van der Waals surface area contributed by atoms with Crippen LogP contribution >= 0.6 is 11.8 Å². The highest BCUT2D eigenvalue weighted by Crippen LogP contribution is 2.37. The molecule has 23 heavy (non-hydrogen) atoms. The summed E-state index contributed by atoms with van der Waals surface area (Å²) < 4.78 is 11.2. The van der Waals surface area contributed by atoms with Gasteiger partial charge in [0.15, 0.2) is 11.5 Å². The van der Waals surface area contributed by atoms with Crippen molar-refractivity contribution in [2.75, 3.05) is 13.7 Å². The van der Waals surface area contributed by atoms with Gasteiger partial charge in [-0.15, -0.1) is 0 Å². The summed E-state index contributed by atoms with van der Waals surface area (Å²) in [7, 11) is 1.57. The first-order valence-corrected chi connectivity index (χ1v) is 8.38. The Kier molecular flexibility index (Phi) is 5.71. The highest BCUT2D eigenvalue weighted by Gasteiger charge is 2.34. The Bertz CT molecular complexity index is 639. The fourth-order valence-corrected chi connectivity index (χ4v) is 3.08. The summed E-state index contributed by atoms with van der Waals surface area (Å²) in [5, 5.41) is -0.225. The number of amides is 2. The number of para-hydroxylation sites is 1. The molecule has 0 unspecified atom stereocenters. The van der Waals surface area contributed by atoms with Gasteiger partial charge in [-0.1, -0.05) is 19.1 Å². The molecule has 2 rings (SSSR count). The van der Waals surface area contributed by atoms with Crippen molar-refractivity contribution < 1.29 is 19.1 Å². The second-order valence-corrected chi connectivity index (χ2v) is 6.37. The third kappa shape index (κ3) is 3.88. The van der Waals surface area contributed by atoms with Crippen molar-refractivity contribution in [1.29, 1.82) is 0 Å². The molecular weight excluding hydrogens is 314 g/mol. The molecule has 0 bridgehead atoms. The minimum atomic E-state index is -0.250. The molecule has 1 fully saturated rings. The number of nitrogens with zero attached hydrogens (tertiary/aromatic N) is 1. The van der Waals surface area contributed by atoms with Gasteiger partial charge in [0.05, 0.1) is 18.1 Å². The second-order valence-electron chi connectivity index (χ2n) is 5.38. The number of carbonyl (C=O) groups is 2. The fourth-order valence-electron chi connectivity index (χ4n) is 2.23. The third-order valence-electron chi connectivity index (χ3n) is 3.19. The smallest absolute Gasteiger partial charge is 0.293 e. The van der Waals surface area contributed by atoms with Crippen LogP contribution in [0.5, 0.6) is 11.5 Å². The molecule has 0 atom stereocenters. The largest absolute Gasteiger partial charge is 0.493 e. The van der Waals surface area contributed by atoms with E-state index in [1.807, 2.05) is 32.9 Å². The normalized spacial score (nSPS) is 16.6. The van der Waals surface area contributed by atoms with Crippen LogP contribution < -0.4 is 9.47 Å². The van der Waals surface area contributed by atoms with E-state index in [9.17, 15) is 9.59 Å². The summed E-state index contributed by atoms with van der Waals surface area (Å²) in [6, 6.07) is 5.47. The predicted octanol–water partition coefficient (Wildman–Crippen LogP) is 3.93. The molecule has 2 amide bonds. The predicted molar refractivity (Wildman–Crippen MR) is 91.7 cm³/mol. The van der Waals surface area contributed by atoms with E-state index in [0.29, 0.717) is 22.9 Å². The number of rotatable bonds is 6. The summed E-state index contributed by atoms with van der Waals surface area (Å²) in [6.07, 6.45) is 2.40. The minimum absolute atomic E-state index is 0.0337. The molecule has 5 nitrogen and oxygen atoms in total. The number of thioether (sulfide) groups is 1. The molecule has 1 aromatic rings. The summed E-state index contributed by atoms with van der Waals surface area (Å²) in [4.78, 5) is 26.0. The zero-order chi connectivity index (χ0) is 17.0. The Balaban J connectivity index is 2.39. The van der Waals surface area contributed by atoms with Crippen molar-refractivity contribution in [2.24, 2.45) is 0 Å². The van der Waals surface area contributed by atoms with E-state index in [4.69, 9.17) is 9.47 Å². The number of benzene rings is 1. The van der Waals surface area contributed by atoms with Gasteiger partial charge in [-0.2, -0.15) is 0 Å². The van der Waals surface area contributed by atoms with Gasteiger partial charge in [0, 0.05) is 12.1 Å². The minimum Gasteiger partial charge on any atom is -0.493 e. The van der Waals surface area contributed by atoms with Gasteiger partial charge in [-0.3, -0.25) is 14.5 Å². The quantitative estimate of drug-likeness (QED) is 0.737. The van der Waals surface area contributed by atoms with Crippen LogP contribution in [-0.2, 0) is 4.79 Å². The molecule has 1 aliphatic heterocycles. The molecule has 0 aromatic heterocycles. The van der Waals surface area contributed by atoms with Gasteiger partial charge in [0.1, 0.15) is 0 Å². The highest BCUT2D eigenvalue weighted by molar-refractivity contribution is 8.18. The first-order chi connectivity index (χ1) is 11.0. The first kappa shape index (κ1) is 17.4. The lowest BCUT2D eigenvalue weighted by atomic mass is 10.1. The van der Waals surface area contributed by atoms with Gasteiger partial charge in [-0.05, 0) is 44.2 Å². The van der Waals surface area contributed by atoms with Crippen molar-refractivity contribution in [3.63, 3.8) is 0 Å². The molecule has 1 saturated heterocycles. The summed E-state index contributed by atoms with van der Waals surface area (Å²) in [5.74, 6) is 0.924. The van der Waals surface area contributed by atoms with E-state index >= 15 is 0 Å². The molecular formula is C17H21NO4S. The van der Waals surface area contributed by atoms with E-state index in [0.717, 1.165) is 23.7 Å². The number of hydrogen-bond acceptors (Lipinski definition) is 5. The Morgan fingerprint density at radius 3 is 2.65 bits per heavy atom. The van der Waals surface area contributed by atoms with Gasteiger partial charge in [0.2, 0.25) is 0 Å². The van der Waals surface area contributed by atoms with Crippen molar-refractivity contribution in [2.45, 2.75) is 33.3 Å². The van der Waals surface area contributed by atoms with Crippen LogP contribution in [0, 0.1) is 0 Å². The van der Waals surface area contributed by atoms with Gasteiger partial charge >= 0.3 is 0 Å². The van der Waals surface area contributed by atoms with Crippen LogP contribution in [-0.4, -0.2) is 35.8 Å². The molecule has 1 heterocycles. The standard InChI is InChI=1S/C17H21NO4S/c1-5-9-18-16(19)14(23-17(18)20)10-12-7-6-8-13(21-4)15(12)22-11(2)3/h6-8,10-11H,5,9H2,1-4H3. The van der Waals surface area contributed by atoms with Crippen molar-refractivity contribution in [1.82, 2.24) is 4.90 Å². The van der Waals surface area contributed by atoms with Crippen LogP contribution in [0.1, 0.15) is 32.8 Å². The number of carbonyl (C=O) groups excluding carboxylic acids is 2. The number of methoxy groups -OCH3 is 1. The topological polar surface area (TPSA) is 55.8 Å². The Labute approximate surface area is 140 Å². The number of imide groups is 1. The van der Waals surface area contributed by atoms with Gasteiger partial charge in [-0.25, -0.2) is 0 Å². The first-order valence-electron chi connectivity index (χ1n) is 7.57. The van der Waals surface area contributed by atoms with Crippen LogP contribution in [0.2, 0.25) is 0 Å². The Hall–Kier alpha value is -1.95. The summed E-state index contributed by atoms with van der Waals surface area (Å²) in [6.45, 7) is 6.22. The van der Waals surface area contributed by atoms with E-state index in [1.54, 1.807) is 19.3 Å². The molecule has 1 aliphatic rings. The lowest BCUT2D eigenvalue weighted by Gasteiger charge is -2.16. The maximum Gasteiger partial charge on any atom is 0.293 e. The fraction of sp³-hybridized carbons (Fsp3) is 0.412. The molecule has 124 valence electrons. The third-order valence-corrected chi connectivity index (χ3v) is 4.10. The van der Waals surface area contributed by atoms with Crippen LogP contribution in [0.4, 0.5) is 4.79 Å². The van der Waals surface area contributed by atoms with E-state index in [1.165, 1.54) is 4.90 Å². The molecule has 0 radical (unpaired) electrons. The second kappa shape index (κ2) is 7.55. The van der Waals surface area contributed by atoms with Gasteiger partial charge < -0.3 is 9.47 Å². The van der Waals surface area contributed by atoms with Crippen LogP contribution in [0.25, 0.3) is 6.08 Å². The van der Waals surface area contributed by atoms with Crippen LogP contribution in [0.3, 0.4) is 0 Å². The van der Waals surface area contributed by atoms with Crippen molar-refractivity contribution in [3.05, 3.63) is 28.7 Å². The molecule has 6 heteroatoms. The van der Waals surface area contributed by atoms with Crippen molar-refractivity contribution >= 4 is 29.0 Å². The number of ether oxygens (including phenoxy) is 2. The maximum absolute atomic E-state index is 12.3. The maximum atomic E-state index is 12.3. The average Bonchev–Trinajstić information content (AvgIpc) is 2.76. The Morgan fingerprint density at radius 1 is 1.30 bits per heavy atom. The summed E-state index contributed by atoms with van der Waals surface area (Å²) in [5.41, 5.74) is 0.722. The van der Waals surface area contributed by atoms with E-state index in [2.05, 4.69) is 0 Å². The lowest BCUT2D eigenvalue weighted by molar-refractivity contribution is -0.122. The molecule has 0 aliphatic carbocycles. The van der Waals surface area contributed by atoms with Gasteiger partial charge in [0.25, 0.3) is 11.1 Å². The molecule has 1 aromatic carbocycles. The average molecular weight is 335 g/mol. The SMILES string of the molecule is CCCN1C(=O)SC(=Cc2cccc(OC)c2OC(C)C)C1=O. The van der Waals surface area contributed by atoms with E-state index < -0.39 is 0 Å². The van der Waals surface area contributed by atoms with Crippen LogP contribution in [0.15, 0.2) is 23.1 Å². The van der Waals surface area contributed by atoms with E-state index in [-0.39, 0.29) is 17.3 Å². The zero-order valence-electron chi connectivity index (χ0n) is 13.8. The van der Waals surface area contributed by atoms with Crippen molar-refractivity contribution in [3.8, 4) is 11.5 Å². The molecule has 0 spiro atoms. The number of hydrogen-bond donors (Lipinski definition) is 0. The zero-order valence-corrected chi connectivity index (χ0v) is 14.6. The molecule has 0 saturated carbocycles. The molecule has 0 N–H and O–H groups in total. The Morgan fingerprint density at radius 2 is 2.04 bits per heavy atom. The lowest BCUT2D eigenvalue weighted by Crippen LogP contribution is -2.28. The summed E-state index contributed by atoms with van der Waals surface area (Å²) >= 11 is 0.960. The highest BCUT2D eigenvalue weighted by atomic mass is 32.2.